The molecule has 0 radical (unpaired) electrons. The van der Waals surface area contributed by atoms with Gasteiger partial charge in [0.1, 0.15) is 0 Å². The molecule has 0 bridgehead atoms. The summed E-state index contributed by atoms with van der Waals surface area (Å²) in [4.78, 5) is 16.0. The maximum absolute atomic E-state index is 11.7. The normalized spacial score (nSPS) is 26.8. The van der Waals surface area contributed by atoms with Gasteiger partial charge in [-0.1, -0.05) is 12.1 Å². The Morgan fingerprint density at radius 2 is 2.05 bits per heavy atom. The van der Waals surface area contributed by atoms with Crippen molar-refractivity contribution in [1.82, 2.24) is 10.2 Å². The Hall–Kier alpha value is -1.39. The minimum Gasteiger partial charge on any atom is -0.312 e. The minimum atomic E-state index is 0.254. The monoisotopic (exact) mass is 287 g/mol. The number of carbonyl (C=O) groups excluding carboxylic acids is 1. The molecule has 2 saturated heterocycles. The van der Waals surface area contributed by atoms with Gasteiger partial charge in [0.2, 0.25) is 5.91 Å². The van der Waals surface area contributed by atoms with Gasteiger partial charge >= 0.3 is 0 Å². The molecule has 2 aliphatic rings. The van der Waals surface area contributed by atoms with Crippen LogP contribution in [0.4, 0.5) is 5.69 Å². The topological polar surface area (TPSA) is 35.6 Å². The van der Waals surface area contributed by atoms with E-state index in [1.807, 2.05) is 4.90 Å². The van der Waals surface area contributed by atoms with E-state index in [4.69, 9.17) is 0 Å². The molecule has 114 valence electrons. The first-order valence-corrected chi connectivity index (χ1v) is 7.96. The van der Waals surface area contributed by atoms with E-state index in [1.165, 1.54) is 12.0 Å². The summed E-state index contributed by atoms with van der Waals surface area (Å²) in [6, 6.07) is 9.68. The number of hydrogen-bond donors (Lipinski definition) is 1. The van der Waals surface area contributed by atoms with Gasteiger partial charge in [-0.2, -0.15) is 0 Å². The van der Waals surface area contributed by atoms with Crippen LogP contribution in [0, 0.1) is 0 Å². The van der Waals surface area contributed by atoms with Crippen LogP contribution in [0.15, 0.2) is 24.3 Å². The van der Waals surface area contributed by atoms with Crippen LogP contribution in [0.5, 0.6) is 0 Å². The third kappa shape index (κ3) is 3.27. The fourth-order valence-corrected chi connectivity index (χ4v) is 3.32. The predicted octanol–water partition coefficient (Wildman–Crippen LogP) is 2.00. The van der Waals surface area contributed by atoms with Crippen molar-refractivity contribution in [2.75, 3.05) is 25.0 Å². The van der Waals surface area contributed by atoms with Gasteiger partial charge in [-0.05, 0) is 44.5 Å². The van der Waals surface area contributed by atoms with Crippen molar-refractivity contribution in [3.05, 3.63) is 29.8 Å². The van der Waals surface area contributed by atoms with Gasteiger partial charge in [0, 0.05) is 43.8 Å². The van der Waals surface area contributed by atoms with E-state index >= 15 is 0 Å². The summed E-state index contributed by atoms with van der Waals surface area (Å²) in [5.74, 6) is 0.254. The van der Waals surface area contributed by atoms with Crippen molar-refractivity contribution in [3.63, 3.8) is 0 Å². The maximum Gasteiger partial charge on any atom is 0.227 e. The van der Waals surface area contributed by atoms with Crippen LogP contribution in [0.2, 0.25) is 0 Å². The van der Waals surface area contributed by atoms with Crippen LogP contribution in [-0.4, -0.2) is 43.0 Å². The molecule has 2 aliphatic heterocycles. The SMILES string of the molecule is CC1CC(NCc2ccc(N3CCCC3=O)cc2)CN1C. The predicted molar refractivity (Wildman–Crippen MR) is 85.4 cm³/mol. The Labute approximate surface area is 127 Å². The highest BCUT2D eigenvalue weighted by Crippen LogP contribution is 2.22. The fraction of sp³-hybridized carbons (Fsp3) is 0.588. The molecule has 1 aromatic rings. The highest BCUT2D eigenvalue weighted by Gasteiger charge is 2.25. The molecule has 2 unspecified atom stereocenters. The van der Waals surface area contributed by atoms with Crippen LogP contribution in [0.1, 0.15) is 31.7 Å². The summed E-state index contributed by atoms with van der Waals surface area (Å²) in [6.07, 6.45) is 2.89. The average Bonchev–Trinajstić information content (AvgIpc) is 3.04. The molecule has 0 saturated carbocycles. The molecule has 21 heavy (non-hydrogen) atoms. The van der Waals surface area contributed by atoms with Gasteiger partial charge in [-0.25, -0.2) is 0 Å². The van der Waals surface area contributed by atoms with Gasteiger partial charge in [0.05, 0.1) is 0 Å². The number of rotatable bonds is 4. The summed E-state index contributed by atoms with van der Waals surface area (Å²) < 4.78 is 0. The molecule has 2 fully saturated rings. The van der Waals surface area contributed by atoms with Crippen molar-refractivity contribution in [2.45, 2.75) is 44.8 Å². The molecule has 2 heterocycles. The highest BCUT2D eigenvalue weighted by molar-refractivity contribution is 5.95. The summed E-state index contributed by atoms with van der Waals surface area (Å²) in [5.41, 5.74) is 2.32. The number of carbonyl (C=O) groups is 1. The Balaban J connectivity index is 1.54. The summed E-state index contributed by atoms with van der Waals surface area (Å²) >= 11 is 0. The fourth-order valence-electron chi connectivity index (χ4n) is 3.32. The lowest BCUT2D eigenvalue weighted by Crippen LogP contribution is -2.31. The van der Waals surface area contributed by atoms with Gasteiger partial charge < -0.3 is 15.1 Å². The summed E-state index contributed by atoms with van der Waals surface area (Å²) in [5, 5.41) is 3.63. The number of likely N-dealkylation sites (tertiary alicyclic amines) is 1. The largest absolute Gasteiger partial charge is 0.312 e. The first-order chi connectivity index (χ1) is 10.1. The Bertz CT molecular complexity index is 489. The zero-order valence-corrected chi connectivity index (χ0v) is 13.0. The second kappa shape index (κ2) is 6.16. The van der Waals surface area contributed by atoms with Crippen LogP contribution in [-0.2, 0) is 11.3 Å². The van der Waals surface area contributed by atoms with Crippen molar-refractivity contribution in [3.8, 4) is 0 Å². The maximum atomic E-state index is 11.7. The molecular formula is C17H25N3O. The van der Waals surface area contributed by atoms with E-state index in [0.29, 0.717) is 18.5 Å². The number of anilines is 1. The van der Waals surface area contributed by atoms with E-state index in [1.54, 1.807) is 0 Å². The third-order valence-electron chi connectivity index (χ3n) is 4.80. The lowest BCUT2D eigenvalue weighted by Gasteiger charge is -2.17. The van der Waals surface area contributed by atoms with Crippen LogP contribution in [0.25, 0.3) is 0 Å². The number of amides is 1. The second-order valence-corrected chi connectivity index (χ2v) is 6.42. The Kier molecular flexibility index (Phi) is 4.27. The van der Waals surface area contributed by atoms with E-state index < -0.39 is 0 Å². The lowest BCUT2D eigenvalue weighted by atomic mass is 10.1. The van der Waals surface area contributed by atoms with Crippen LogP contribution >= 0.6 is 0 Å². The van der Waals surface area contributed by atoms with E-state index in [-0.39, 0.29) is 5.91 Å². The molecule has 0 aromatic heterocycles. The molecule has 0 aliphatic carbocycles. The van der Waals surface area contributed by atoms with Gasteiger partial charge in [0.25, 0.3) is 0 Å². The zero-order chi connectivity index (χ0) is 14.8. The number of nitrogens with one attached hydrogen (secondary N) is 1. The lowest BCUT2D eigenvalue weighted by molar-refractivity contribution is -0.117. The smallest absolute Gasteiger partial charge is 0.227 e. The Morgan fingerprint density at radius 3 is 2.62 bits per heavy atom. The van der Waals surface area contributed by atoms with Gasteiger partial charge in [-0.15, -0.1) is 0 Å². The summed E-state index contributed by atoms with van der Waals surface area (Å²) in [7, 11) is 2.19. The average molecular weight is 287 g/mol. The quantitative estimate of drug-likeness (QED) is 0.920. The zero-order valence-electron chi connectivity index (χ0n) is 13.0. The third-order valence-corrected chi connectivity index (χ3v) is 4.80. The molecule has 3 rings (SSSR count). The molecule has 1 amide bonds. The minimum absolute atomic E-state index is 0.254. The van der Waals surface area contributed by atoms with Gasteiger partial charge in [-0.3, -0.25) is 4.79 Å². The van der Waals surface area contributed by atoms with E-state index in [0.717, 1.165) is 31.7 Å². The number of hydrogen-bond acceptors (Lipinski definition) is 3. The van der Waals surface area contributed by atoms with Crippen molar-refractivity contribution < 1.29 is 4.79 Å². The molecule has 2 atom stereocenters. The molecule has 4 heteroatoms. The highest BCUT2D eigenvalue weighted by atomic mass is 16.2. The van der Waals surface area contributed by atoms with Crippen LogP contribution < -0.4 is 10.2 Å². The molecular weight excluding hydrogens is 262 g/mol. The van der Waals surface area contributed by atoms with E-state index in [9.17, 15) is 4.79 Å². The number of nitrogens with zero attached hydrogens (tertiary/aromatic N) is 2. The van der Waals surface area contributed by atoms with Gasteiger partial charge in [0.15, 0.2) is 0 Å². The molecule has 0 spiro atoms. The van der Waals surface area contributed by atoms with Crippen molar-refractivity contribution in [2.24, 2.45) is 0 Å². The molecule has 1 N–H and O–H groups in total. The van der Waals surface area contributed by atoms with Crippen LogP contribution in [0.3, 0.4) is 0 Å². The van der Waals surface area contributed by atoms with E-state index in [2.05, 4.69) is 48.5 Å². The summed E-state index contributed by atoms with van der Waals surface area (Å²) in [6.45, 7) is 5.17. The first kappa shape index (κ1) is 14.5. The molecule has 4 nitrogen and oxygen atoms in total. The Morgan fingerprint density at radius 1 is 1.29 bits per heavy atom. The number of likely N-dealkylation sites (N-methyl/N-ethyl adjacent to an activating group) is 1. The van der Waals surface area contributed by atoms with Crippen molar-refractivity contribution in [1.29, 1.82) is 0 Å². The standard InChI is InChI=1S/C17H25N3O/c1-13-10-15(12-19(13)2)18-11-14-5-7-16(8-6-14)20-9-3-4-17(20)21/h5-8,13,15,18H,3-4,9-12H2,1-2H3. The second-order valence-electron chi connectivity index (χ2n) is 6.42. The number of benzene rings is 1. The first-order valence-electron chi connectivity index (χ1n) is 7.96. The molecule has 1 aromatic carbocycles. The van der Waals surface area contributed by atoms with Crippen molar-refractivity contribution >= 4 is 11.6 Å².